The highest BCUT2D eigenvalue weighted by atomic mass is 19.4. The van der Waals surface area contributed by atoms with E-state index >= 15 is 0 Å². The predicted octanol–water partition coefficient (Wildman–Crippen LogP) is 2.54. The molecular formula is C14H13F4N3O2. The minimum absolute atomic E-state index is 0.0418. The second-order valence-corrected chi connectivity index (χ2v) is 4.77. The molecule has 1 aromatic rings. The molecule has 0 unspecified atom stereocenters. The van der Waals surface area contributed by atoms with Crippen molar-refractivity contribution in [3.63, 3.8) is 0 Å². The Bertz CT molecular complexity index is 652. The van der Waals surface area contributed by atoms with Crippen molar-refractivity contribution in [2.75, 3.05) is 12.4 Å². The van der Waals surface area contributed by atoms with E-state index in [9.17, 15) is 27.2 Å². The molecule has 0 aliphatic heterocycles. The number of carbonyl (C=O) groups is 2. The van der Waals surface area contributed by atoms with E-state index in [4.69, 9.17) is 5.26 Å². The van der Waals surface area contributed by atoms with Gasteiger partial charge in [0.25, 0.3) is 0 Å². The normalized spacial score (nSPS) is 12.2. The molecule has 0 aromatic heterocycles. The van der Waals surface area contributed by atoms with Crippen molar-refractivity contribution in [1.29, 1.82) is 5.26 Å². The van der Waals surface area contributed by atoms with Crippen LogP contribution >= 0.6 is 0 Å². The Kier molecular flexibility index (Phi) is 5.68. The van der Waals surface area contributed by atoms with Crippen molar-refractivity contribution in [2.24, 2.45) is 0 Å². The number of hydrogen-bond acceptors (Lipinski definition) is 3. The number of carbonyl (C=O) groups excluding carboxylic acids is 2. The average Bonchev–Trinajstić information content (AvgIpc) is 2.46. The number of nitrogens with one attached hydrogen (secondary N) is 1. The minimum atomic E-state index is -4.90. The Labute approximate surface area is 129 Å². The molecule has 124 valence electrons. The van der Waals surface area contributed by atoms with Gasteiger partial charge in [-0.15, -0.1) is 0 Å². The summed E-state index contributed by atoms with van der Waals surface area (Å²) in [4.78, 5) is 24.6. The van der Waals surface area contributed by atoms with Crippen LogP contribution in [0.2, 0.25) is 0 Å². The summed E-state index contributed by atoms with van der Waals surface area (Å²) in [6.45, 7) is 1.51. The van der Waals surface area contributed by atoms with Crippen molar-refractivity contribution >= 4 is 17.5 Å². The van der Waals surface area contributed by atoms with Crippen LogP contribution in [0.1, 0.15) is 18.9 Å². The summed E-state index contributed by atoms with van der Waals surface area (Å²) in [5, 5.41) is 10.4. The zero-order valence-electron chi connectivity index (χ0n) is 12.2. The summed E-state index contributed by atoms with van der Waals surface area (Å²) < 4.78 is 51.4. The second-order valence-electron chi connectivity index (χ2n) is 4.77. The van der Waals surface area contributed by atoms with Gasteiger partial charge in [-0.1, -0.05) is 0 Å². The molecule has 1 atom stereocenters. The number of benzene rings is 1. The molecule has 0 saturated carbocycles. The first-order valence-electron chi connectivity index (χ1n) is 6.39. The Morgan fingerprint density at radius 2 is 2.00 bits per heavy atom. The zero-order chi connectivity index (χ0) is 17.8. The smallest absolute Gasteiger partial charge is 0.334 e. The standard InChI is InChI=1S/C14H13F4N3O2/c1-8(5-6-19)21(2)13(23)12(22)20-11-4-3-9(15)7-10(11)14(16,17)18/h3-4,7-8H,5H2,1-2H3,(H,20,22)/t8-/m0/s1. The fraction of sp³-hybridized carbons (Fsp3) is 0.357. The number of halogens is 4. The fourth-order valence-electron chi connectivity index (χ4n) is 1.67. The lowest BCUT2D eigenvalue weighted by atomic mass is 10.1. The number of anilines is 1. The van der Waals surface area contributed by atoms with Gasteiger partial charge in [0.05, 0.1) is 23.7 Å². The van der Waals surface area contributed by atoms with Gasteiger partial charge in [-0.25, -0.2) is 4.39 Å². The molecule has 9 heteroatoms. The van der Waals surface area contributed by atoms with Crippen molar-refractivity contribution in [3.05, 3.63) is 29.6 Å². The van der Waals surface area contributed by atoms with Crippen LogP contribution in [-0.4, -0.2) is 29.8 Å². The van der Waals surface area contributed by atoms with Crippen molar-refractivity contribution in [3.8, 4) is 6.07 Å². The lowest BCUT2D eigenvalue weighted by Crippen LogP contribution is -2.42. The molecule has 0 saturated heterocycles. The molecule has 0 aliphatic carbocycles. The van der Waals surface area contributed by atoms with Gasteiger partial charge >= 0.3 is 18.0 Å². The van der Waals surface area contributed by atoms with E-state index in [2.05, 4.69) is 0 Å². The molecule has 0 radical (unpaired) electrons. The quantitative estimate of drug-likeness (QED) is 0.683. The minimum Gasteiger partial charge on any atom is -0.334 e. The number of nitrogens with zero attached hydrogens (tertiary/aromatic N) is 2. The van der Waals surface area contributed by atoms with Gasteiger partial charge in [-0.05, 0) is 25.1 Å². The van der Waals surface area contributed by atoms with Gasteiger partial charge < -0.3 is 10.2 Å². The highest BCUT2D eigenvalue weighted by Gasteiger charge is 2.35. The third kappa shape index (κ3) is 4.67. The van der Waals surface area contributed by atoms with Crippen molar-refractivity contribution in [1.82, 2.24) is 4.90 Å². The monoisotopic (exact) mass is 331 g/mol. The Balaban J connectivity index is 2.98. The van der Waals surface area contributed by atoms with Crippen molar-refractivity contribution in [2.45, 2.75) is 25.6 Å². The average molecular weight is 331 g/mol. The van der Waals surface area contributed by atoms with E-state index < -0.39 is 41.1 Å². The SMILES string of the molecule is C[C@@H](CC#N)N(C)C(=O)C(=O)Nc1ccc(F)cc1C(F)(F)F. The first kappa shape index (κ1) is 18.4. The molecule has 2 amide bonds. The number of amides is 2. The van der Waals surface area contributed by atoms with Gasteiger partial charge in [0.2, 0.25) is 0 Å². The van der Waals surface area contributed by atoms with E-state index in [0.717, 1.165) is 17.0 Å². The molecule has 23 heavy (non-hydrogen) atoms. The van der Waals surface area contributed by atoms with Gasteiger partial charge in [0, 0.05) is 13.1 Å². The second kappa shape index (κ2) is 7.09. The van der Waals surface area contributed by atoms with Gasteiger partial charge in [-0.2, -0.15) is 18.4 Å². The Hall–Kier alpha value is -2.63. The lowest BCUT2D eigenvalue weighted by Gasteiger charge is -2.22. The molecule has 0 fully saturated rings. The molecule has 1 aromatic carbocycles. The number of alkyl halides is 3. The van der Waals surface area contributed by atoms with Crippen LogP contribution in [0.4, 0.5) is 23.2 Å². The predicted molar refractivity (Wildman–Crippen MR) is 72.5 cm³/mol. The van der Waals surface area contributed by atoms with Crippen LogP contribution in [-0.2, 0) is 15.8 Å². The highest BCUT2D eigenvalue weighted by molar-refractivity contribution is 6.39. The number of nitriles is 1. The molecule has 1 rings (SSSR count). The summed E-state index contributed by atoms with van der Waals surface area (Å²) in [7, 11) is 1.25. The zero-order valence-corrected chi connectivity index (χ0v) is 12.2. The summed E-state index contributed by atoms with van der Waals surface area (Å²) in [5.41, 5.74) is -2.12. The summed E-state index contributed by atoms with van der Waals surface area (Å²) in [6.07, 6.45) is -4.94. The first-order valence-corrected chi connectivity index (χ1v) is 6.39. The lowest BCUT2D eigenvalue weighted by molar-refractivity contribution is -0.143. The number of rotatable bonds is 3. The van der Waals surface area contributed by atoms with Crippen LogP contribution in [0.3, 0.4) is 0 Å². The van der Waals surface area contributed by atoms with Gasteiger partial charge in [0.15, 0.2) is 0 Å². The molecule has 0 aliphatic rings. The third-order valence-electron chi connectivity index (χ3n) is 3.10. The van der Waals surface area contributed by atoms with Crippen LogP contribution in [0.15, 0.2) is 18.2 Å². The Morgan fingerprint density at radius 1 is 1.39 bits per heavy atom. The summed E-state index contributed by atoms with van der Waals surface area (Å²) >= 11 is 0. The van der Waals surface area contributed by atoms with E-state index in [1.807, 2.05) is 11.4 Å². The van der Waals surface area contributed by atoms with Crippen molar-refractivity contribution < 1.29 is 27.2 Å². The largest absolute Gasteiger partial charge is 0.418 e. The maximum absolute atomic E-state index is 13.0. The van der Waals surface area contributed by atoms with Gasteiger partial charge in [-0.3, -0.25) is 9.59 Å². The molecule has 1 N–H and O–H groups in total. The number of likely N-dealkylation sites (N-methyl/N-ethyl adjacent to an activating group) is 1. The van der Waals surface area contributed by atoms with Crippen LogP contribution in [0.25, 0.3) is 0 Å². The van der Waals surface area contributed by atoms with Crippen LogP contribution in [0, 0.1) is 17.1 Å². The molecule has 0 spiro atoms. The van der Waals surface area contributed by atoms with E-state index in [-0.39, 0.29) is 12.5 Å². The van der Waals surface area contributed by atoms with Crippen LogP contribution < -0.4 is 5.32 Å². The maximum atomic E-state index is 13.0. The highest BCUT2D eigenvalue weighted by Crippen LogP contribution is 2.35. The Morgan fingerprint density at radius 3 is 2.52 bits per heavy atom. The maximum Gasteiger partial charge on any atom is 0.418 e. The fourth-order valence-corrected chi connectivity index (χ4v) is 1.67. The third-order valence-corrected chi connectivity index (χ3v) is 3.10. The number of hydrogen-bond donors (Lipinski definition) is 1. The summed E-state index contributed by atoms with van der Waals surface area (Å²) in [6, 6.07) is 2.90. The van der Waals surface area contributed by atoms with Crippen LogP contribution in [0.5, 0.6) is 0 Å². The van der Waals surface area contributed by atoms with E-state index in [1.54, 1.807) is 0 Å². The van der Waals surface area contributed by atoms with E-state index in [1.165, 1.54) is 14.0 Å². The van der Waals surface area contributed by atoms with Gasteiger partial charge in [0.1, 0.15) is 5.82 Å². The molecule has 5 nitrogen and oxygen atoms in total. The molecule has 0 bridgehead atoms. The first-order chi connectivity index (χ1) is 10.6. The summed E-state index contributed by atoms with van der Waals surface area (Å²) in [5.74, 6) is -3.54. The van der Waals surface area contributed by atoms with E-state index in [0.29, 0.717) is 0 Å². The molecular weight excluding hydrogens is 318 g/mol. The topological polar surface area (TPSA) is 73.2 Å². The molecule has 0 heterocycles.